The number of rotatable bonds is 7. The molecular weight excluding hydrogens is 326 g/mol. The van der Waals surface area contributed by atoms with Crippen LogP contribution in [0.2, 0.25) is 0 Å². The van der Waals surface area contributed by atoms with Crippen molar-refractivity contribution in [3.63, 3.8) is 0 Å². The summed E-state index contributed by atoms with van der Waals surface area (Å²) in [5, 5.41) is 2.82. The lowest BCUT2D eigenvalue weighted by Gasteiger charge is -2.17. The molecule has 1 heterocycles. The van der Waals surface area contributed by atoms with Crippen LogP contribution in [0.15, 0.2) is 77.4 Å². The summed E-state index contributed by atoms with van der Waals surface area (Å²) in [5.74, 6) is -0.211. The van der Waals surface area contributed by atoms with Gasteiger partial charge in [-0.1, -0.05) is 60.2 Å². The second kappa shape index (κ2) is 8.30. The Hall–Kier alpha value is -3.14. The van der Waals surface area contributed by atoms with Crippen molar-refractivity contribution in [1.29, 1.82) is 0 Å². The Labute approximate surface area is 152 Å². The standard InChI is InChI=1S/C22H21NO3/c1-16-9-11-18(12-10-16)15-20(24)19(14-17-6-3-2-4-7-17)23-22(25)21-8-5-13-26-21/h2-13,19H,14-15H2,1H3,(H,23,25). The molecule has 0 radical (unpaired) electrons. The number of ketones is 1. The molecule has 1 N–H and O–H groups in total. The fourth-order valence-corrected chi connectivity index (χ4v) is 2.76. The van der Waals surface area contributed by atoms with E-state index in [-0.39, 0.29) is 23.9 Å². The second-order valence-electron chi connectivity index (χ2n) is 6.32. The first-order valence-electron chi connectivity index (χ1n) is 8.58. The molecule has 0 bridgehead atoms. The molecule has 0 fully saturated rings. The number of Topliss-reactive ketones (excluding diaryl/α,β-unsaturated/α-hetero) is 1. The summed E-state index contributed by atoms with van der Waals surface area (Å²) in [7, 11) is 0. The van der Waals surface area contributed by atoms with Crippen molar-refractivity contribution in [2.24, 2.45) is 0 Å². The van der Waals surface area contributed by atoms with E-state index in [4.69, 9.17) is 4.42 Å². The number of carbonyl (C=O) groups is 2. The molecule has 26 heavy (non-hydrogen) atoms. The smallest absolute Gasteiger partial charge is 0.287 e. The van der Waals surface area contributed by atoms with Crippen LogP contribution in [0.25, 0.3) is 0 Å². The van der Waals surface area contributed by atoms with E-state index in [1.807, 2.05) is 61.5 Å². The first-order chi connectivity index (χ1) is 12.6. The number of benzene rings is 2. The quantitative estimate of drug-likeness (QED) is 0.708. The van der Waals surface area contributed by atoms with Crippen LogP contribution in [-0.2, 0) is 17.6 Å². The Morgan fingerprint density at radius 2 is 1.65 bits per heavy atom. The minimum atomic E-state index is -0.615. The van der Waals surface area contributed by atoms with Gasteiger partial charge in [-0.15, -0.1) is 0 Å². The van der Waals surface area contributed by atoms with E-state index in [0.29, 0.717) is 6.42 Å². The Balaban J connectivity index is 1.75. The maximum atomic E-state index is 12.9. The summed E-state index contributed by atoms with van der Waals surface area (Å²) in [6.07, 6.45) is 2.16. The van der Waals surface area contributed by atoms with Crippen LogP contribution in [-0.4, -0.2) is 17.7 Å². The first-order valence-corrected chi connectivity index (χ1v) is 8.58. The first kappa shape index (κ1) is 17.7. The van der Waals surface area contributed by atoms with Gasteiger partial charge in [-0.2, -0.15) is 0 Å². The Kier molecular flexibility index (Phi) is 5.64. The summed E-state index contributed by atoms with van der Waals surface area (Å²) in [6, 6.07) is 20.1. The molecule has 1 aromatic heterocycles. The predicted octanol–water partition coefficient (Wildman–Crippen LogP) is 3.74. The highest BCUT2D eigenvalue weighted by atomic mass is 16.3. The molecule has 0 aliphatic heterocycles. The van der Waals surface area contributed by atoms with Crippen molar-refractivity contribution < 1.29 is 14.0 Å². The zero-order valence-corrected chi connectivity index (χ0v) is 14.6. The van der Waals surface area contributed by atoms with Gasteiger partial charge in [-0.05, 0) is 36.6 Å². The van der Waals surface area contributed by atoms with Crippen LogP contribution < -0.4 is 5.32 Å². The van der Waals surface area contributed by atoms with Gasteiger partial charge < -0.3 is 9.73 Å². The fraction of sp³-hybridized carbons (Fsp3) is 0.182. The average Bonchev–Trinajstić information content (AvgIpc) is 3.19. The van der Waals surface area contributed by atoms with E-state index in [9.17, 15) is 9.59 Å². The van der Waals surface area contributed by atoms with Crippen LogP contribution >= 0.6 is 0 Å². The SMILES string of the molecule is Cc1ccc(CC(=O)C(Cc2ccccc2)NC(=O)c2ccco2)cc1. The molecule has 0 saturated carbocycles. The van der Waals surface area contributed by atoms with Gasteiger partial charge in [0.2, 0.25) is 0 Å². The van der Waals surface area contributed by atoms with E-state index in [2.05, 4.69) is 5.32 Å². The van der Waals surface area contributed by atoms with Crippen LogP contribution in [0.4, 0.5) is 0 Å². The van der Waals surface area contributed by atoms with Crippen molar-refractivity contribution in [2.45, 2.75) is 25.8 Å². The largest absolute Gasteiger partial charge is 0.459 e. The van der Waals surface area contributed by atoms with E-state index >= 15 is 0 Å². The third-order valence-corrected chi connectivity index (χ3v) is 4.22. The van der Waals surface area contributed by atoms with Crippen molar-refractivity contribution >= 4 is 11.7 Å². The maximum absolute atomic E-state index is 12.9. The molecule has 3 rings (SSSR count). The predicted molar refractivity (Wildman–Crippen MR) is 100.0 cm³/mol. The van der Waals surface area contributed by atoms with E-state index in [1.165, 1.54) is 6.26 Å². The normalized spacial score (nSPS) is 11.7. The third kappa shape index (κ3) is 4.70. The zero-order chi connectivity index (χ0) is 18.4. The lowest BCUT2D eigenvalue weighted by Crippen LogP contribution is -2.43. The van der Waals surface area contributed by atoms with Crippen LogP contribution in [0, 0.1) is 6.92 Å². The third-order valence-electron chi connectivity index (χ3n) is 4.22. The van der Waals surface area contributed by atoms with Gasteiger partial charge >= 0.3 is 0 Å². The monoisotopic (exact) mass is 347 g/mol. The molecule has 0 spiro atoms. The number of aryl methyl sites for hydroxylation is 1. The Bertz CT molecular complexity index is 852. The molecule has 3 aromatic rings. The number of amides is 1. The maximum Gasteiger partial charge on any atom is 0.287 e. The molecule has 4 heteroatoms. The lowest BCUT2D eigenvalue weighted by atomic mass is 9.97. The Morgan fingerprint density at radius 3 is 2.31 bits per heavy atom. The molecule has 1 atom stereocenters. The van der Waals surface area contributed by atoms with Gasteiger partial charge in [-0.25, -0.2) is 0 Å². The fourth-order valence-electron chi connectivity index (χ4n) is 2.76. The number of nitrogens with one attached hydrogen (secondary N) is 1. The van der Waals surface area contributed by atoms with Crippen LogP contribution in [0.3, 0.4) is 0 Å². The highest BCUT2D eigenvalue weighted by Gasteiger charge is 2.23. The summed E-state index contributed by atoms with van der Waals surface area (Å²) in [4.78, 5) is 25.2. The highest BCUT2D eigenvalue weighted by molar-refractivity contribution is 5.96. The number of furan rings is 1. The summed E-state index contributed by atoms with van der Waals surface area (Å²) in [6.45, 7) is 2.01. The molecule has 4 nitrogen and oxygen atoms in total. The zero-order valence-electron chi connectivity index (χ0n) is 14.6. The minimum absolute atomic E-state index is 0.0300. The van der Waals surface area contributed by atoms with Crippen LogP contribution in [0.1, 0.15) is 27.2 Å². The number of carbonyl (C=O) groups excluding carboxylic acids is 2. The van der Waals surface area contributed by atoms with E-state index in [1.54, 1.807) is 12.1 Å². The second-order valence-corrected chi connectivity index (χ2v) is 6.32. The minimum Gasteiger partial charge on any atom is -0.459 e. The van der Waals surface area contributed by atoms with Gasteiger partial charge in [-0.3, -0.25) is 9.59 Å². The molecule has 0 aliphatic rings. The summed E-state index contributed by atoms with van der Waals surface area (Å²) in [5.41, 5.74) is 3.08. The van der Waals surface area contributed by atoms with Crippen molar-refractivity contribution in [1.82, 2.24) is 5.32 Å². The molecule has 132 valence electrons. The number of hydrogen-bond donors (Lipinski definition) is 1. The Morgan fingerprint density at radius 1 is 0.923 bits per heavy atom. The average molecular weight is 347 g/mol. The van der Waals surface area contributed by atoms with E-state index in [0.717, 1.165) is 16.7 Å². The summed E-state index contributed by atoms with van der Waals surface area (Å²) < 4.78 is 5.13. The van der Waals surface area contributed by atoms with Gasteiger partial charge in [0.15, 0.2) is 11.5 Å². The van der Waals surface area contributed by atoms with Gasteiger partial charge in [0.05, 0.1) is 12.3 Å². The van der Waals surface area contributed by atoms with Gasteiger partial charge in [0.1, 0.15) is 0 Å². The molecule has 1 unspecified atom stereocenters. The van der Waals surface area contributed by atoms with E-state index < -0.39 is 6.04 Å². The molecule has 0 saturated heterocycles. The van der Waals surface area contributed by atoms with Crippen molar-refractivity contribution in [2.75, 3.05) is 0 Å². The number of hydrogen-bond acceptors (Lipinski definition) is 3. The topological polar surface area (TPSA) is 59.3 Å². The summed E-state index contributed by atoms with van der Waals surface area (Å²) >= 11 is 0. The van der Waals surface area contributed by atoms with Crippen molar-refractivity contribution in [3.8, 4) is 0 Å². The molecule has 2 aromatic carbocycles. The van der Waals surface area contributed by atoms with Crippen LogP contribution in [0.5, 0.6) is 0 Å². The highest BCUT2D eigenvalue weighted by Crippen LogP contribution is 2.10. The molecule has 1 amide bonds. The van der Waals surface area contributed by atoms with Gasteiger partial charge in [0, 0.05) is 6.42 Å². The van der Waals surface area contributed by atoms with Gasteiger partial charge in [0.25, 0.3) is 5.91 Å². The molecule has 0 aliphatic carbocycles. The molecular formula is C22H21NO3. The lowest BCUT2D eigenvalue weighted by molar-refractivity contribution is -0.120. The van der Waals surface area contributed by atoms with Crippen molar-refractivity contribution in [3.05, 3.63) is 95.4 Å².